The molecule has 0 saturated heterocycles. The van der Waals surface area contributed by atoms with E-state index in [1.807, 2.05) is 13.8 Å². The average Bonchev–Trinajstić information content (AvgIpc) is 2.42. The van der Waals surface area contributed by atoms with Gasteiger partial charge in [0.25, 0.3) is 5.91 Å². The van der Waals surface area contributed by atoms with Gasteiger partial charge in [-0.2, -0.15) is 0 Å². The Labute approximate surface area is 118 Å². The zero-order valence-electron chi connectivity index (χ0n) is 11.2. The number of carbonyl (C=O) groups excluding carboxylic acids is 2. The van der Waals surface area contributed by atoms with Gasteiger partial charge in [-0.15, -0.1) is 0 Å². The molecule has 0 saturated carbocycles. The molecule has 0 radical (unpaired) electrons. The smallest absolute Gasteiger partial charge is 0.251 e. The maximum Gasteiger partial charge on any atom is 0.251 e. The first-order valence-electron chi connectivity index (χ1n) is 6.36. The molecular formula is C14H19ClN2O2. The number of amides is 2. The van der Waals surface area contributed by atoms with Crippen molar-refractivity contribution in [1.29, 1.82) is 0 Å². The van der Waals surface area contributed by atoms with Crippen LogP contribution in [0.2, 0.25) is 5.02 Å². The van der Waals surface area contributed by atoms with Crippen LogP contribution in [0, 0.1) is 5.92 Å². The van der Waals surface area contributed by atoms with E-state index >= 15 is 0 Å². The standard InChI is InChI=1S/C14H19ClN2O2/c1-3-10(2)13(18)16-8-9-17-14(19)11-4-6-12(15)7-5-11/h4-7,10H,3,8-9H2,1-2H3,(H,16,18)(H,17,19). The van der Waals surface area contributed by atoms with Crippen molar-refractivity contribution >= 4 is 23.4 Å². The molecule has 5 heteroatoms. The second-order valence-corrected chi connectivity index (χ2v) is 4.80. The molecule has 2 N–H and O–H groups in total. The highest BCUT2D eigenvalue weighted by Gasteiger charge is 2.09. The Morgan fingerprint density at radius 2 is 1.74 bits per heavy atom. The first kappa shape index (κ1) is 15.5. The Kier molecular flexibility index (Phi) is 6.36. The van der Waals surface area contributed by atoms with Crippen LogP contribution in [-0.2, 0) is 4.79 Å². The van der Waals surface area contributed by atoms with E-state index < -0.39 is 0 Å². The summed E-state index contributed by atoms with van der Waals surface area (Å²) in [4.78, 5) is 23.2. The maximum atomic E-state index is 11.7. The van der Waals surface area contributed by atoms with Crippen molar-refractivity contribution in [3.05, 3.63) is 34.9 Å². The van der Waals surface area contributed by atoms with E-state index in [-0.39, 0.29) is 17.7 Å². The van der Waals surface area contributed by atoms with Gasteiger partial charge >= 0.3 is 0 Å². The molecule has 1 atom stereocenters. The molecule has 0 heterocycles. The molecule has 1 unspecified atom stereocenters. The molecule has 2 amide bonds. The van der Waals surface area contributed by atoms with E-state index in [2.05, 4.69) is 10.6 Å². The third kappa shape index (κ3) is 5.30. The normalized spacial score (nSPS) is 11.7. The summed E-state index contributed by atoms with van der Waals surface area (Å²) in [7, 11) is 0. The lowest BCUT2D eigenvalue weighted by Crippen LogP contribution is -2.36. The molecule has 4 nitrogen and oxygen atoms in total. The van der Waals surface area contributed by atoms with E-state index in [4.69, 9.17) is 11.6 Å². The third-order valence-electron chi connectivity index (χ3n) is 2.88. The molecular weight excluding hydrogens is 264 g/mol. The highest BCUT2D eigenvalue weighted by atomic mass is 35.5. The third-order valence-corrected chi connectivity index (χ3v) is 3.13. The van der Waals surface area contributed by atoms with E-state index in [9.17, 15) is 9.59 Å². The van der Waals surface area contributed by atoms with Gasteiger partial charge in [0.05, 0.1) is 0 Å². The van der Waals surface area contributed by atoms with Gasteiger partial charge < -0.3 is 10.6 Å². The second kappa shape index (κ2) is 7.79. The van der Waals surface area contributed by atoms with Crippen LogP contribution in [0.25, 0.3) is 0 Å². The predicted molar refractivity (Wildman–Crippen MR) is 76.2 cm³/mol. The molecule has 0 aliphatic heterocycles. The summed E-state index contributed by atoms with van der Waals surface area (Å²) < 4.78 is 0. The van der Waals surface area contributed by atoms with Crippen molar-refractivity contribution in [3.8, 4) is 0 Å². The molecule has 0 aliphatic rings. The summed E-state index contributed by atoms with van der Waals surface area (Å²) >= 11 is 5.74. The lowest BCUT2D eigenvalue weighted by molar-refractivity contribution is -0.124. The van der Waals surface area contributed by atoms with Crippen molar-refractivity contribution in [2.45, 2.75) is 20.3 Å². The zero-order valence-corrected chi connectivity index (χ0v) is 12.0. The van der Waals surface area contributed by atoms with E-state index in [0.717, 1.165) is 6.42 Å². The zero-order chi connectivity index (χ0) is 14.3. The molecule has 0 fully saturated rings. The van der Waals surface area contributed by atoms with Crippen LogP contribution in [0.1, 0.15) is 30.6 Å². The minimum atomic E-state index is -0.172. The minimum absolute atomic E-state index is 0.00645. The Morgan fingerprint density at radius 1 is 1.16 bits per heavy atom. The summed E-state index contributed by atoms with van der Waals surface area (Å²) in [5, 5.41) is 6.10. The summed E-state index contributed by atoms with van der Waals surface area (Å²) in [5.74, 6) is -0.148. The fourth-order valence-corrected chi connectivity index (χ4v) is 1.55. The van der Waals surface area contributed by atoms with E-state index in [0.29, 0.717) is 23.7 Å². The second-order valence-electron chi connectivity index (χ2n) is 4.36. The summed E-state index contributed by atoms with van der Waals surface area (Å²) in [6.07, 6.45) is 0.808. The topological polar surface area (TPSA) is 58.2 Å². The highest BCUT2D eigenvalue weighted by Crippen LogP contribution is 2.09. The number of hydrogen-bond donors (Lipinski definition) is 2. The van der Waals surface area contributed by atoms with Gasteiger partial charge in [-0.1, -0.05) is 25.4 Å². The lowest BCUT2D eigenvalue weighted by Gasteiger charge is -2.10. The number of carbonyl (C=O) groups is 2. The Bertz CT molecular complexity index is 432. The largest absolute Gasteiger partial charge is 0.354 e. The van der Waals surface area contributed by atoms with Gasteiger partial charge in [-0.25, -0.2) is 0 Å². The maximum absolute atomic E-state index is 11.7. The van der Waals surface area contributed by atoms with E-state index in [1.54, 1.807) is 24.3 Å². The minimum Gasteiger partial charge on any atom is -0.354 e. The molecule has 1 aromatic rings. The van der Waals surface area contributed by atoms with Crippen LogP contribution in [0.5, 0.6) is 0 Å². The summed E-state index contributed by atoms with van der Waals surface area (Å²) in [6.45, 7) is 4.68. The number of hydrogen-bond acceptors (Lipinski definition) is 2. The Balaban J connectivity index is 2.28. The molecule has 0 aliphatic carbocycles. The van der Waals surface area contributed by atoms with Crippen LogP contribution in [-0.4, -0.2) is 24.9 Å². The fourth-order valence-electron chi connectivity index (χ4n) is 1.42. The van der Waals surface area contributed by atoms with Crippen LogP contribution in [0.3, 0.4) is 0 Å². The van der Waals surface area contributed by atoms with Crippen LogP contribution < -0.4 is 10.6 Å². The van der Waals surface area contributed by atoms with Gasteiger partial charge in [0.15, 0.2) is 0 Å². The predicted octanol–water partition coefficient (Wildman–Crippen LogP) is 2.23. The number of halogens is 1. The van der Waals surface area contributed by atoms with Crippen LogP contribution in [0.4, 0.5) is 0 Å². The van der Waals surface area contributed by atoms with Gasteiger partial charge in [-0.3, -0.25) is 9.59 Å². The van der Waals surface area contributed by atoms with Gasteiger partial charge in [0, 0.05) is 29.6 Å². The monoisotopic (exact) mass is 282 g/mol. The molecule has 1 rings (SSSR count). The molecule has 0 bridgehead atoms. The van der Waals surface area contributed by atoms with Crippen LogP contribution >= 0.6 is 11.6 Å². The van der Waals surface area contributed by atoms with Crippen molar-refractivity contribution in [2.75, 3.05) is 13.1 Å². The lowest BCUT2D eigenvalue weighted by atomic mass is 10.1. The first-order valence-corrected chi connectivity index (χ1v) is 6.74. The van der Waals surface area contributed by atoms with Crippen molar-refractivity contribution in [3.63, 3.8) is 0 Å². The average molecular weight is 283 g/mol. The Hall–Kier alpha value is -1.55. The highest BCUT2D eigenvalue weighted by molar-refractivity contribution is 6.30. The van der Waals surface area contributed by atoms with E-state index in [1.165, 1.54) is 0 Å². The molecule has 0 aromatic heterocycles. The van der Waals surface area contributed by atoms with Crippen molar-refractivity contribution in [1.82, 2.24) is 10.6 Å². The quantitative estimate of drug-likeness (QED) is 0.786. The van der Waals surface area contributed by atoms with Crippen LogP contribution in [0.15, 0.2) is 24.3 Å². The number of benzene rings is 1. The fraction of sp³-hybridized carbons (Fsp3) is 0.429. The molecule has 1 aromatic carbocycles. The van der Waals surface area contributed by atoms with Crippen molar-refractivity contribution < 1.29 is 9.59 Å². The SMILES string of the molecule is CCC(C)C(=O)NCCNC(=O)c1ccc(Cl)cc1. The number of nitrogens with one attached hydrogen (secondary N) is 2. The molecule has 19 heavy (non-hydrogen) atoms. The summed E-state index contributed by atoms with van der Waals surface area (Å²) in [5.41, 5.74) is 0.553. The molecule has 0 spiro atoms. The first-order chi connectivity index (χ1) is 9.04. The summed E-state index contributed by atoms with van der Waals surface area (Å²) in [6, 6.07) is 6.66. The Morgan fingerprint density at radius 3 is 2.32 bits per heavy atom. The van der Waals surface area contributed by atoms with Crippen molar-refractivity contribution in [2.24, 2.45) is 5.92 Å². The van der Waals surface area contributed by atoms with Gasteiger partial charge in [0.2, 0.25) is 5.91 Å². The molecule has 104 valence electrons. The number of rotatable bonds is 6. The van der Waals surface area contributed by atoms with Gasteiger partial charge in [0.1, 0.15) is 0 Å². The van der Waals surface area contributed by atoms with Gasteiger partial charge in [-0.05, 0) is 30.7 Å².